The zero-order valence-electron chi connectivity index (χ0n) is 19.5. The summed E-state index contributed by atoms with van der Waals surface area (Å²) in [5, 5.41) is 1.48. The van der Waals surface area contributed by atoms with Gasteiger partial charge in [-0.25, -0.2) is 0 Å². The molecule has 0 aliphatic carbocycles. The standard InChI is InChI=1S/C26H30ClN3O3/c1-5-33-25-11-24-21(23(12-28-24)18(4)31)10-22(25)26(32)30-14-16(2)29(13-17(30)3)15-19-7-6-8-20(27)9-19/h6-12,16-17,28H,5,13-15H2,1-4H3/t16-,17?/m0/s1. The molecule has 2 atom stereocenters. The number of hydrogen-bond acceptors (Lipinski definition) is 4. The van der Waals surface area contributed by atoms with Crippen LogP contribution in [0, 0.1) is 0 Å². The van der Waals surface area contributed by atoms with Crippen LogP contribution in [0.3, 0.4) is 0 Å². The molecule has 1 saturated heterocycles. The third-order valence-corrected chi connectivity index (χ3v) is 6.58. The highest BCUT2D eigenvalue weighted by Crippen LogP contribution is 2.31. The van der Waals surface area contributed by atoms with Gasteiger partial charge in [0.2, 0.25) is 0 Å². The molecule has 2 aromatic carbocycles. The number of ketones is 1. The average Bonchev–Trinajstić information content (AvgIpc) is 3.18. The highest BCUT2D eigenvalue weighted by atomic mass is 35.5. The molecule has 1 unspecified atom stereocenters. The number of nitrogens with one attached hydrogen (secondary N) is 1. The number of benzene rings is 2. The minimum atomic E-state index is -0.0715. The number of aromatic nitrogens is 1. The average molecular weight is 468 g/mol. The van der Waals surface area contributed by atoms with Crippen LogP contribution in [0.15, 0.2) is 42.6 Å². The summed E-state index contributed by atoms with van der Waals surface area (Å²) in [4.78, 5) is 33.2. The lowest BCUT2D eigenvalue weighted by molar-refractivity contribution is 0.0288. The molecule has 1 N–H and O–H groups in total. The lowest BCUT2D eigenvalue weighted by atomic mass is 10.0. The van der Waals surface area contributed by atoms with E-state index in [9.17, 15) is 9.59 Å². The Hall–Kier alpha value is -2.83. The van der Waals surface area contributed by atoms with Gasteiger partial charge in [0, 0.05) is 65.5 Å². The molecule has 1 amide bonds. The Balaban J connectivity index is 1.60. The number of halogens is 1. The number of H-pyrrole nitrogens is 1. The maximum atomic E-state index is 13.7. The van der Waals surface area contributed by atoms with Crippen LogP contribution in [0.5, 0.6) is 5.75 Å². The Morgan fingerprint density at radius 1 is 1.12 bits per heavy atom. The van der Waals surface area contributed by atoms with E-state index in [-0.39, 0.29) is 23.8 Å². The predicted octanol–water partition coefficient (Wildman–Crippen LogP) is 5.16. The van der Waals surface area contributed by atoms with Crippen molar-refractivity contribution in [3.63, 3.8) is 0 Å². The first kappa shape index (κ1) is 23.3. The number of aromatic amines is 1. The molecule has 6 nitrogen and oxygen atoms in total. The molecule has 1 aliphatic rings. The minimum absolute atomic E-state index is 0.0246. The summed E-state index contributed by atoms with van der Waals surface area (Å²) >= 11 is 6.16. The fourth-order valence-corrected chi connectivity index (χ4v) is 4.82. The molecule has 0 spiro atoms. The van der Waals surface area contributed by atoms with E-state index >= 15 is 0 Å². The number of ether oxygens (including phenoxy) is 1. The quantitative estimate of drug-likeness (QED) is 0.508. The summed E-state index contributed by atoms with van der Waals surface area (Å²) < 4.78 is 5.82. The van der Waals surface area contributed by atoms with Crippen molar-refractivity contribution in [2.75, 3.05) is 19.7 Å². The van der Waals surface area contributed by atoms with Crippen LogP contribution < -0.4 is 4.74 Å². The summed E-state index contributed by atoms with van der Waals surface area (Å²) in [6.07, 6.45) is 1.69. The lowest BCUT2D eigenvalue weighted by Gasteiger charge is -2.44. The van der Waals surface area contributed by atoms with Crippen molar-refractivity contribution >= 4 is 34.2 Å². The third-order valence-electron chi connectivity index (χ3n) is 6.34. The second-order valence-corrected chi connectivity index (χ2v) is 9.24. The molecule has 1 aliphatic heterocycles. The number of amides is 1. The van der Waals surface area contributed by atoms with E-state index in [0.717, 1.165) is 34.6 Å². The van der Waals surface area contributed by atoms with Crippen LogP contribution in [-0.2, 0) is 6.54 Å². The Labute approximate surface area is 199 Å². The van der Waals surface area contributed by atoms with Gasteiger partial charge in [-0.2, -0.15) is 0 Å². The molecular weight excluding hydrogens is 438 g/mol. The van der Waals surface area contributed by atoms with Crippen LogP contribution in [-0.4, -0.2) is 58.3 Å². The Morgan fingerprint density at radius 3 is 2.61 bits per heavy atom. The van der Waals surface area contributed by atoms with E-state index in [0.29, 0.717) is 30.0 Å². The maximum absolute atomic E-state index is 13.7. The summed E-state index contributed by atoms with van der Waals surface area (Å²) in [6.45, 7) is 10.2. The zero-order chi connectivity index (χ0) is 23.7. The van der Waals surface area contributed by atoms with Gasteiger partial charge in [-0.05, 0) is 51.5 Å². The first-order valence-corrected chi connectivity index (χ1v) is 11.7. The Morgan fingerprint density at radius 2 is 1.91 bits per heavy atom. The topological polar surface area (TPSA) is 65.6 Å². The van der Waals surface area contributed by atoms with Crippen molar-refractivity contribution < 1.29 is 14.3 Å². The second kappa shape index (κ2) is 9.57. The highest BCUT2D eigenvalue weighted by Gasteiger charge is 2.34. The molecule has 3 aromatic rings. The number of Topliss-reactive ketones (excluding diaryl/α,β-unsaturated/α-hetero) is 1. The van der Waals surface area contributed by atoms with Crippen LogP contribution in [0.2, 0.25) is 5.02 Å². The molecule has 0 bridgehead atoms. The van der Waals surface area contributed by atoms with E-state index in [1.165, 1.54) is 6.92 Å². The van der Waals surface area contributed by atoms with Gasteiger partial charge >= 0.3 is 0 Å². The van der Waals surface area contributed by atoms with Gasteiger partial charge in [0.25, 0.3) is 5.91 Å². The molecule has 4 rings (SSSR count). The minimum Gasteiger partial charge on any atom is -0.493 e. The number of fused-ring (bicyclic) bond motifs is 1. The van der Waals surface area contributed by atoms with Gasteiger partial charge in [0.15, 0.2) is 5.78 Å². The normalized spacial score (nSPS) is 19.1. The first-order valence-electron chi connectivity index (χ1n) is 11.4. The molecule has 7 heteroatoms. The molecule has 2 heterocycles. The molecule has 174 valence electrons. The fourth-order valence-electron chi connectivity index (χ4n) is 4.61. The van der Waals surface area contributed by atoms with Crippen LogP contribution in [0.1, 0.15) is 54.0 Å². The zero-order valence-corrected chi connectivity index (χ0v) is 20.3. The molecular formula is C26H30ClN3O3. The van der Waals surface area contributed by atoms with E-state index in [2.05, 4.69) is 29.8 Å². The Bertz CT molecular complexity index is 1190. The van der Waals surface area contributed by atoms with Gasteiger partial charge in [0.1, 0.15) is 5.75 Å². The Kier molecular flexibility index (Phi) is 6.77. The molecule has 0 radical (unpaired) electrons. The maximum Gasteiger partial charge on any atom is 0.257 e. The van der Waals surface area contributed by atoms with E-state index in [4.69, 9.17) is 16.3 Å². The highest BCUT2D eigenvalue weighted by molar-refractivity contribution is 6.30. The summed E-state index contributed by atoms with van der Waals surface area (Å²) in [5.41, 5.74) is 3.02. The van der Waals surface area contributed by atoms with Gasteiger partial charge in [-0.1, -0.05) is 23.7 Å². The van der Waals surface area contributed by atoms with Crippen molar-refractivity contribution in [2.24, 2.45) is 0 Å². The SMILES string of the molecule is CCOc1cc2[nH]cc(C(C)=O)c2cc1C(=O)N1C[C@H](C)N(Cc2cccc(Cl)c2)CC1C. The van der Waals surface area contributed by atoms with Crippen molar-refractivity contribution in [3.8, 4) is 5.75 Å². The lowest BCUT2D eigenvalue weighted by Crippen LogP contribution is -2.57. The van der Waals surface area contributed by atoms with Gasteiger partial charge < -0.3 is 14.6 Å². The molecule has 33 heavy (non-hydrogen) atoms. The third kappa shape index (κ3) is 4.77. The number of carbonyl (C=O) groups excluding carboxylic acids is 2. The number of piperazine rings is 1. The smallest absolute Gasteiger partial charge is 0.257 e. The number of rotatable bonds is 6. The first-order chi connectivity index (χ1) is 15.8. The van der Waals surface area contributed by atoms with Crippen LogP contribution in [0.25, 0.3) is 10.9 Å². The largest absolute Gasteiger partial charge is 0.493 e. The molecule has 1 aromatic heterocycles. The van der Waals surface area contributed by atoms with Crippen LogP contribution >= 0.6 is 11.6 Å². The monoisotopic (exact) mass is 467 g/mol. The van der Waals surface area contributed by atoms with E-state index in [1.54, 1.807) is 12.3 Å². The summed E-state index contributed by atoms with van der Waals surface area (Å²) in [6, 6.07) is 11.7. The van der Waals surface area contributed by atoms with E-state index < -0.39 is 0 Å². The second-order valence-electron chi connectivity index (χ2n) is 8.80. The summed E-state index contributed by atoms with van der Waals surface area (Å²) in [7, 11) is 0. The molecule has 1 fully saturated rings. The predicted molar refractivity (Wildman–Crippen MR) is 131 cm³/mol. The fraction of sp³-hybridized carbons (Fsp3) is 0.385. The number of hydrogen-bond donors (Lipinski definition) is 1. The molecule has 0 saturated carbocycles. The van der Waals surface area contributed by atoms with Crippen molar-refractivity contribution in [3.05, 3.63) is 64.3 Å². The number of carbonyl (C=O) groups is 2. The van der Waals surface area contributed by atoms with Crippen molar-refractivity contribution in [1.29, 1.82) is 0 Å². The van der Waals surface area contributed by atoms with E-state index in [1.807, 2.05) is 36.1 Å². The van der Waals surface area contributed by atoms with Gasteiger partial charge in [-0.3, -0.25) is 14.5 Å². The van der Waals surface area contributed by atoms with Crippen LogP contribution in [0.4, 0.5) is 0 Å². The summed E-state index contributed by atoms with van der Waals surface area (Å²) in [5.74, 6) is 0.423. The van der Waals surface area contributed by atoms with Gasteiger partial charge in [0.05, 0.1) is 12.2 Å². The number of nitrogens with zero attached hydrogens (tertiary/aromatic N) is 2. The van der Waals surface area contributed by atoms with Crippen molar-refractivity contribution in [2.45, 2.75) is 46.3 Å². The van der Waals surface area contributed by atoms with Crippen molar-refractivity contribution in [1.82, 2.24) is 14.8 Å². The van der Waals surface area contributed by atoms with Gasteiger partial charge in [-0.15, -0.1) is 0 Å².